The Balaban J connectivity index is 4.84. The number of likely N-dealkylation sites (N-methyl/N-ethyl adjacent to an activating group) is 1. The monoisotopic (exact) mass is 293 g/mol. The van der Waals surface area contributed by atoms with Crippen molar-refractivity contribution >= 4 is 23.7 Å². The van der Waals surface area contributed by atoms with E-state index in [1.54, 1.807) is 20.8 Å². The molecule has 0 unspecified atom stereocenters. The number of halogens is 1. The molecule has 19 heavy (non-hydrogen) atoms. The molecule has 0 aromatic heterocycles. The van der Waals surface area contributed by atoms with Crippen molar-refractivity contribution in [2.75, 3.05) is 13.1 Å². The summed E-state index contributed by atoms with van der Waals surface area (Å²) in [5.74, 6) is -0.283. The van der Waals surface area contributed by atoms with E-state index in [1.807, 2.05) is 13.8 Å². The Morgan fingerprint density at radius 1 is 1.26 bits per heavy atom. The first-order valence-corrected chi connectivity index (χ1v) is 6.80. The Labute approximate surface area is 120 Å². The van der Waals surface area contributed by atoms with Gasteiger partial charge < -0.3 is 9.47 Å². The highest BCUT2D eigenvalue weighted by atomic mass is 35.5. The maximum Gasteiger partial charge on any atom is 0.410 e. The van der Waals surface area contributed by atoms with E-state index < -0.39 is 23.7 Å². The van der Waals surface area contributed by atoms with Crippen molar-refractivity contribution in [2.24, 2.45) is 5.92 Å². The van der Waals surface area contributed by atoms with Gasteiger partial charge in [0, 0.05) is 7.05 Å². The van der Waals surface area contributed by atoms with E-state index in [-0.39, 0.29) is 12.0 Å². The number of hydrogen-bond acceptors (Lipinski definition) is 4. The third-order valence-corrected chi connectivity index (χ3v) is 2.42. The van der Waals surface area contributed by atoms with Crippen LogP contribution in [0.3, 0.4) is 0 Å². The fraction of sp³-hybridized carbons (Fsp3) is 0.846. The first kappa shape index (κ1) is 18.0. The predicted molar refractivity (Wildman–Crippen MR) is 74.1 cm³/mol. The normalized spacial score (nSPS) is 13.1. The van der Waals surface area contributed by atoms with Gasteiger partial charge in [0.25, 0.3) is 0 Å². The number of ether oxygens (including phenoxy) is 2. The minimum absolute atomic E-state index is 0.227. The van der Waals surface area contributed by atoms with Gasteiger partial charge in [-0.3, -0.25) is 4.90 Å². The van der Waals surface area contributed by atoms with Gasteiger partial charge in [-0.05, 0) is 33.1 Å². The van der Waals surface area contributed by atoms with E-state index in [0.29, 0.717) is 6.42 Å². The number of carbonyl (C=O) groups is 2. The number of alkyl halides is 1. The lowest BCUT2D eigenvalue weighted by Gasteiger charge is -2.30. The quantitative estimate of drug-likeness (QED) is 0.577. The van der Waals surface area contributed by atoms with Crippen LogP contribution in [0.1, 0.15) is 41.0 Å². The lowest BCUT2D eigenvalue weighted by atomic mass is 10.0. The van der Waals surface area contributed by atoms with E-state index in [4.69, 9.17) is 21.1 Å². The highest BCUT2D eigenvalue weighted by Crippen LogP contribution is 2.16. The standard InChI is InChI=1S/C13H24ClNO4/c1-9(2)7-10(11(16)18-8-14)15(6)12(17)19-13(3,4)5/h9-10H,7-8H2,1-6H3/t10-/m0/s1. The smallest absolute Gasteiger partial charge is 0.410 e. The topological polar surface area (TPSA) is 55.8 Å². The molecule has 0 saturated heterocycles. The van der Waals surface area contributed by atoms with Crippen LogP contribution in [0.25, 0.3) is 0 Å². The molecule has 0 aromatic rings. The average molecular weight is 294 g/mol. The van der Waals surface area contributed by atoms with E-state index in [0.717, 1.165) is 0 Å². The molecule has 0 rings (SSSR count). The average Bonchev–Trinajstić information content (AvgIpc) is 2.22. The molecule has 0 N–H and O–H groups in total. The van der Waals surface area contributed by atoms with Gasteiger partial charge in [-0.2, -0.15) is 0 Å². The largest absolute Gasteiger partial charge is 0.448 e. The van der Waals surface area contributed by atoms with Crippen LogP contribution in [0.4, 0.5) is 4.79 Å². The zero-order valence-corrected chi connectivity index (χ0v) is 13.3. The van der Waals surface area contributed by atoms with E-state index in [9.17, 15) is 9.59 Å². The number of nitrogens with zero attached hydrogens (tertiary/aromatic N) is 1. The van der Waals surface area contributed by atoms with Crippen LogP contribution >= 0.6 is 11.6 Å². The molecule has 0 saturated carbocycles. The van der Waals surface area contributed by atoms with Crippen molar-refractivity contribution in [1.29, 1.82) is 0 Å². The van der Waals surface area contributed by atoms with Gasteiger partial charge in [0.1, 0.15) is 11.6 Å². The van der Waals surface area contributed by atoms with E-state index in [2.05, 4.69) is 0 Å². The number of esters is 1. The number of carbonyl (C=O) groups excluding carboxylic acids is 2. The summed E-state index contributed by atoms with van der Waals surface area (Å²) in [5.41, 5.74) is -0.607. The second-order valence-corrected chi connectivity index (χ2v) is 6.03. The molecule has 0 spiro atoms. The molecule has 112 valence electrons. The van der Waals surface area contributed by atoms with Crippen LogP contribution in [0.2, 0.25) is 0 Å². The molecule has 6 heteroatoms. The van der Waals surface area contributed by atoms with Gasteiger partial charge in [0.15, 0.2) is 6.07 Å². The van der Waals surface area contributed by atoms with Crippen molar-refractivity contribution in [2.45, 2.75) is 52.7 Å². The van der Waals surface area contributed by atoms with Crippen molar-refractivity contribution in [3.8, 4) is 0 Å². The number of hydrogen-bond donors (Lipinski definition) is 0. The lowest BCUT2D eigenvalue weighted by Crippen LogP contribution is -2.46. The minimum atomic E-state index is -0.686. The van der Waals surface area contributed by atoms with Gasteiger partial charge >= 0.3 is 12.1 Å². The summed E-state index contributed by atoms with van der Waals surface area (Å²) in [6, 6.07) is -0.913. The van der Waals surface area contributed by atoms with E-state index in [1.165, 1.54) is 11.9 Å². The maximum atomic E-state index is 12.0. The van der Waals surface area contributed by atoms with Crippen LogP contribution in [0.5, 0.6) is 0 Å². The second-order valence-electron chi connectivity index (χ2n) is 5.81. The summed E-state index contributed by atoms with van der Waals surface area (Å²) in [5, 5.41) is 0. The third-order valence-electron chi connectivity index (χ3n) is 2.31. The summed E-state index contributed by atoms with van der Waals surface area (Å²) in [6.45, 7) is 9.24. The molecule has 0 aliphatic carbocycles. The summed E-state index contributed by atoms with van der Waals surface area (Å²) in [6.07, 6.45) is -0.0597. The first-order valence-electron chi connectivity index (χ1n) is 6.27. The van der Waals surface area contributed by atoms with Crippen LogP contribution in [0, 0.1) is 5.92 Å². The summed E-state index contributed by atoms with van der Waals surface area (Å²) >= 11 is 5.39. The second kappa shape index (κ2) is 7.58. The van der Waals surface area contributed by atoms with Gasteiger partial charge in [-0.1, -0.05) is 25.4 Å². The fourth-order valence-corrected chi connectivity index (χ4v) is 1.58. The molecule has 0 fully saturated rings. The molecule has 5 nitrogen and oxygen atoms in total. The van der Waals surface area contributed by atoms with Crippen molar-refractivity contribution < 1.29 is 19.1 Å². The van der Waals surface area contributed by atoms with Gasteiger partial charge in [0.05, 0.1) is 0 Å². The Morgan fingerprint density at radius 2 is 1.79 bits per heavy atom. The van der Waals surface area contributed by atoms with E-state index >= 15 is 0 Å². The summed E-state index contributed by atoms with van der Waals surface area (Å²) < 4.78 is 10.0. The number of amides is 1. The highest BCUT2D eigenvalue weighted by molar-refractivity contribution is 6.17. The van der Waals surface area contributed by atoms with Crippen LogP contribution in [-0.4, -0.2) is 41.7 Å². The SMILES string of the molecule is CC(C)C[C@@H](C(=O)OCCl)N(C)C(=O)OC(C)(C)C. The Morgan fingerprint density at radius 3 is 2.16 bits per heavy atom. The number of rotatable bonds is 5. The molecule has 0 heterocycles. The van der Waals surface area contributed by atoms with Gasteiger partial charge in [-0.25, -0.2) is 9.59 Å². The molecule has 0 bridgehead atoms. The maximum absolute atomic E-state index is 12.0. The Bertz CT molecular complexity index is 312. The van der Waals surface area contributed by atoms with Crippen LogP contribution in [0.15, 0.2) is 0 Å². The van der Waals surface area contributed by atoms with Crippen molar-refractivity contribution in [3.05, 3.63) is 0 Å². The van der Waals surface area contributed by atoms with Gasteiger partial charge in [-0.15, -0.1) is 0 Å². The molecule has 1 amide bonds. The van der Waals surface area contributed by atoms with Gasteiger partial charge in [0.2, 0.25) is 0 Å². The summed E-state index contributed by atoms with van der Waals surface area (Å²) in [4.78, 5) is 25.1. The molecule has 0 aromatic carbocycles. The molecule has 0 radical (unpaired) electrons. The van der Waals surface area contributed by atoms with Crippen LogP contribution in [-0.2, 0) is 14.3 Å². The molecular formula is C13H24ClNO4. The Kier molecular flexibility index (Phi) is 7.19. The lowest BCUT2D eigenvalue weighted by molar-refractivity contribution is -0.147. The molecular weight excluding hydrogens is 270 g/mol. The summed E-state index contributed by atoms with van der Waals surface area (Å²) in [7, 11) is 1.52. The van der Waals surface area contributed by atoms with Crippen LogP contribution < -0.4 is 0 Å². The highest BCUT2D eigenvalue weighted by Gasteiger charge is 2.31. The fourth-order valence-electron chi connectivity index (χ4n) is 1.47. The third kappa shape index (κ3) is 7.25. The van der Waals surface area contributed by atoms with Crippen molar-refractivity contribution in [3.63, 3.8) is 0 Å². The molecule has 1 atom stereocenters. The minimum Gasteiger partial charge on any atom is -0.448 e. The Hall–Kier alpha value is -0.970. The predicted octanol–water partition coefficient (Wildman–Crippen LogP) is 3.01. The molecule has 0 aliphatic rings. The molecule has 0 aliphatic heterocycles. The zero-order valence-electron chi connectivity index (χ0n) is 12.5. The first-order chi connectivity index (χ1) is 8.58. The van der Waals surface area contributed by atoms with Crippen molar-refractivity contribution in [1.82, 2.24) is 4.90 Å². The zero-order chi connectivity index (χ0) is 15.2.